The third-order valence-electron chi connectivity index (χ3n) is 2.19. The van der Waals surface area contributed by atoms with Gasteiger partial charge < -0.3 is 4.42 Å². The van der Waals surface area contributed by atoms with Gasteiger partial charge >= 0.3 is 0 Å². The Morgan fingerprint density at radius 3 is 2.69 bits per heavy atom. The highest BCUT2D eigenvalue weighted by molar-refractivity contribution is 7.89. The predicted octanol–water partition coefficient (Wildman–Crippen LogP) is 1.11. The van der Waals surface area contributed by atoms with Crippen molar-refractivity contribution in [2.75, 3.05) is 0 Å². The van der Waals surface area contributed by atoms with Crippen molar-refractivity contribution in [3.63, 3.8) is 0 Å². The summed E-state index contributed by atoms with van der Waals surface area (Å²) in [6, 6.07) is 1.44. The molecule has 0 bridgehead atoms. The smallest absolute Gasteiger partial charge is 0.244 e. The van der Waals surface area contributed by atoms with Gasteiger partial charge in [0.25, 0.3) is 0 Å². The number of furan rings is 1. The molecule has 0 saturated heterocycles. The number of rotatable bonds is 3. The van der Waals surface area contributed by atoms with Crippen LogP contribution in [-0.4, -0.2) is 14.0 Å². The first-order valence-corrected chi connectivity index (χ1v) is 5.56. The van der Waals surface area contributed by atoms with Crippen molar-refractivity contribution < 1.29 is 12.8 Å². The molecule has 0 spiro atoms. The summed E-state index contributed by atoms with van der Waals surface area (Å²) in [6.45, 7) is 1.89. The van der Waals surface area contributed by atoms with E-state index in [1.807, 2.05) is 6.92 Å². The maximum Gasteiger partial charge on any atom is 0.244 e. The zero-order valence-electron chi connectivity index (χ0n) is 7.28. The average Bonchev–Trinajstić information content (AvgIpc) is 2.53. The number of sulfonamides is 1. The van der Waals surface area contributed by atoms with Crippen molar-refractivity contribution in [3.8, 4) is 0 Å². The van der Waals surface area contributed by atoms with E-state index in [0.717, 1.165) is 12.8 Å². The molecule has 1 N–H and O–H groups in total. The second-order valence-electron chi connectivity index (χ2n) is 3.63. The van der Waals surface area contributed by atoms with Gasteiger partial charge in [0.1, 0.15) is 11.2 Å². The Balaban J connectivity index is 2.22. The van der Waals surface area contributed by atoms with Crippen LogP contribution in [-0.2, 0) is 10.0 Å². The van der Waals surface area contributed by atoms with Crippen LogP contribution in [0.25, 0.3) is 0 Å². The van der Waals surface area contributed by atoms with Gasteiger partial charge in [0.15, 0.2) is 0 Å². The van der Waals surface area contributed by atoms with Crippen LogP contribution in [0.1, 0.15) is 19.8 Å². The Labute approximate surface area is 77.0 Å². The average molecular weight is 201 g/mol. The van der Waals surface area contributed by atoms with E-state index < -0.39 is 10.0 Å². The first-order chi connectivity index (χ1) is 6.02. The van der Waals surface area contributed by atoms with Crippen LogP contribution in [0.4, 0.5) is 0 Å². The summed E-state index contributed by atoms with van der Waals surface area (Å²) < 4.78 is 30.5. The van der Waals surface area contributed by atoms with Crippen molar-refractivity contribution in [1.82, 2.24) is 4.72 Å². The summed E-state index contributed by atoms with van der Waals surface area (Å²) in [6.07, 6.45) is 4.39. The molecule has 2 rings (SSSR count). The van der Waals surface area contributed by atoms with E-state index in [1.165, 1.54) is 18.6 Å². The molecular formula is C8H11NO3S. The summed E-state index contributed by atoms with van der Waals surface area (Å²) in [7, 11) is -3.36. The molecule has 1 aromatic heterocycles. The van der Waals surface area contributed by atoms with Crippen LogP contribution in [0.2, 0.25) is 0 Å². The molecule has 72 valence electrons. The quantitative estimate of drug-likeness (QED) is 0.797. The van der Waals surface area contributed by atoms with Crippen LogP contribution in [0.15, 0.2) is 27.9 Å². The molecule has 0 atom stereocenters. The minimum Gasteiger partial charge on any atom is -0.471 e. The number of hydrogen-bond donors (Lipinski definition) is 1. The standard InChI is InChI=1S/C8H11NO3S/c1-8(3-4-8)9-13(10,11)7-2-5-12-6-7/h2,5-6,9H,3-4H2,1H3. The Kier molecular flexibility index (Phi) is 1.75. The van der Waals surface area contributed by atoms with Crippen LogP contribution in [0, 0.1) is 0 Å². The highest BCUT2D eigenvalue weighted by Gasteiger charge is 2.41. The lowest BCUT2D eigenvalue weighted by molar-refractivity contribution is 0.544. The van der Waals surface area contributed by atoms with E-state index in [1.54, 1.807) is 0 Å². The minimum atomic E-state index is -3.36. The second kappa shape index (κ2) is 2.59. The highest BCUT2D eigenvalue weighted by Crippen LogP contribution is 2.35. The Morgan fingerprint density at radius 2 is 2.23 bits per heavy atom. The summed E-state index contributed by atoms with van der Waals surface area (Å²) >= 11 is 0. The fraction of sp³-hybridized carbons (Fsp3) is 0.500. The molecule has 0 amide bonds. The molecule has 1 saturated carbocycles. The summed E-state index contributed by atoms with van der Waals surface area (Å²) in [5.41, 5.74) is -0.226. The lowest BCUT2D eigenvalue weighted by atomic mass is 10.4. The largest absolute Gasteiger partial charge is 0.471 e. The van der Waals surface area contributed by atoms with Crippen LogP contribution in [0.5, 0.6) is 0 Å². The fourth-order valence-corrected chi connectivity index (χ4v) is 2.47. The van der Waals surface area contributed by atoms with Gasteiger partial charge in [0.05, 0.1) is 6.26 Å². The molecule has 4 nitrogen and oxygen atoms in total. The molecule has 1 aromatic rings. The lowest BCUT2D eigenvalue weighted by Crippen LogP contribution is -2.33. The topological polar surface area (TPSA) is 59.3 Å². The molecular weight excluding hydrogens is 190 g/mol. The maximum absolute atomic E-state index is 11.6. The monoisotopic (exact) mass is 201 g/mol. The Bertz CT molecular complexity index is 389. The molecule has 0 radical (unpaired) electrons. The SMILES string of the molecule is CC1(NS(=O)(=O)c2ccoc2)CC1. The highest BCUT2D eigenvalue weighted by atomic mass is 32.2. The molecule has 13 heavy (non-hydrogen) atoms. The third kappa shape index (κ3) is 1.76. The van der Waals surface area contributed by atoms with Gasteiger partial charge in [-0.2, -0.15) is 0 Å². The Hall–Kier alpha value is -0.810. The molecule has 0 aromatic carbocycles. The lowest BCUT2D eigenvalue weighted by Gasteiger charge is -2.09. The summed E-state index contributed by atoms with van der Waals surface area (Å²) in [4.78, 5) is 0.195. The van der Waals surface area contributed by atoms with E-state index in [4.69, 9.17) is 4.42 Å². The van der Waals surface area contributed by atoms with Crippen molar-refractivity contribution in [3.05, 3.63) is 18.6 Å². The van der Waals surface area contributed by atoms with Crippen LogP contribution in [0.3, 0.4) is 0 Å². The molecule has 5 heteroatoms. The molecule has 1 aliphatic rings. The summed E-state index contributed by atoms with van der Waals surface area (Å²) in [5.74, 6) is 0. The predicted molar refractivity (Wildman–Crippen MR) is 46.7 cm³/mol. The van der Waals surface area contributed by atoms with E-state index in [9.17, 15) is 8.42 Å². The molecule has 0 aliphatic heterocycles. The molecule has 1 fully saturated rings. The first-order valence-electron chi connectivity index (χ1n) is 4.08. The van der Waals surface area contributed by atoms with E-state index in [0.29, 0.717) is 0 Å². The minimum absolute atomic E-state index is 0.195. The van der Waals surface area contributed by atoms with Crippen molar-refractivity contribution in [2.45, 2.75) is 30.2 Å². The van der Waals surface area contributed by atoms with Gasteiger partial charge in [0, 0.05) is 5.54 Å². The van der Waals surface area contributed by atoms with Crippen LogP contribution < -0.4 is 4.72 Å². The molecule has 1 aliphatic carbocycles. The number of nitrogens with one attached hydrogen (secondary N) is 1. The summed E-state index contributed by atoms with van der Waals surface area (Å²) in [5, 5.41) is 0. The zero-order chi connectivity index (χ0) is 9.53. The van der Waals surface area contributed by atoms with Gasteiger partial charge in [-0.15, -0.1) is 0 Å². The van der Waals surface area contributed by atoms with Gasteiger partial charge in [-0.25, -0.2) is 13.1 Å². The number of hydrogen-bond acceptors (Lipinski definition) is 3. The first kappa shape index (κ1) is 8.77. The van der Waals surface area contributed by atoms with E-state index in [-0.39, 0.29) is 10.4 Å². The fourth-order valence-electron chi connectivity index (χ4n) is 1.08. The van der Waals surface area contributed by atoms with Crippen molar-refractivity contribution >= 4 is 10.0 Å². The van der Waals surface area contributed by atoms with E-state index in [2.05, 4.69) is 4.72 Å². The molecule has 0 unspecified atom stereocenters. The third-order valence-corrected chi connectivity index (χ3v) is 3.80. The normalized spacial score (nSPS) is 20.1. The van der Waals surface area contributed by atoms with E-state index >= 15 is 0 Å². The second-order valence-corrected chi connectivity index (χ2v) is 5.31. The van der Waals surface area contributed by atoms with Gasteiger partial charge in [-0.1, -0.05) is 0 Å². The van der Waals surface area contributed by atoms with Crippen molar-refractivity contribution in [2.24, 2.45) is 0 Å². The molecule has 1 heterocycles. The van der Waals surface area contributed by atoms with Crippen LogP contribution >= 0.6 is 0 Å². The zero-order valence-corrected chi connectivity index (χ0v) is 8.10. The van der Waals surface area contributed by atoms with Gasteiger partial charge in [-0.3, -0.25) is 0 Å². The van der Waals surface area contributed by atoms with Crippen molar-refractivity contribution in [1.29, 1.82) is 0 Å². The van der Waals surface area contributed by atoms with Gasteiger partial charge in [0.2, 0.25) is 10.0 Å². The Morgan fingerprint density at radius 1 is 1.54 bits per heavy atom. The van der Waals surface area contributed by atoms with Gasteiger partial charge in [-0.05, 0) is 25.8 Å². The maximum atomic E-state index is 11.6.